The lowest BCUT2D eigenvalue weighted by Gasteiger charge is -2.45. The summed E-state index contributed by atoms with van der Waals surface area (Å²) in [5.41, 5.74) is 0.189. The fourth-order valence-electron chi connectivity index (χ4n) is 5.50. The van der Waals surface area contributed by atoms with Crippen LogP contribution in [-0.2, 0) is 14.3 Å². The molecular formula is C23H31FN4O5. The molecule has 0 spiro atoms. The lowest BCUT2D eigenvalue weighted by atomic mass is 9.92. The number of benzene rings is 1. The summed E-state index contributed by atoms with van der Waals surface area (Å²) >= 11 is 0. The second-order valence-electron chi connectivity index (χ2n) is 9.18. The number of nitro benzene ring substituents is 1. The lowest BCUT2D eigenvalue weighted by Crippen LogP contribution is -2.54. The van der Waals surface area contributed by atoms with Gasteiger partial charge in [-0.2, -0.15) is 0 Å². The highest BCUT2D eigenvalue weighted by molar-refractivity contribution is 5.84. The van der Waals surface area contributed by atoms with Gasteiger partial charge < -0.3 is 19.4 Å². The van der Waals surface area contributed by atoms with Crippen LogP contribution >= 0.6 is 0 Å². The zero-order valence-corrected chi connectivity index (χ0v) is 19.0. The molecule has 0 radical (unpaired) electrons. The second kappa shape index (κ2) is 10.0. The molecule has 0 N–H and O–H groups in total. The molecule has 3 saturated heterocycles. The highest BCUT2D eigenvalue weighted by Crippen LogP contribution is 2.30. The number of hydrogen-bond donors (Lipinski definition) is 0. The summed E-state index contributed by atoms with van der Waals surface area (Å²) in [4.78, 5) is 41.0. The van der Waals surface area contributed by atoms with E-state index in [-0.39, 0.29) is 35.9 Å². The third-order valence-electron chi connectivity index (χ3n) is 7.40. The van der Waals surface area contributed by atoms with Crippen molar-refractivity contribution in [3.63, 3.8) is 0 Å². The maximum atomic E-state index is 14.4. The number of rotatable bonds is 5. The average Bonchev–Trinajstić information content (AvgIpc) is 2.83. The zero-order valence-electron chi connectivity index (χ0n) is 19.0. The minimum Gasteiger partial charge on any atom is -0.469 e. The molecule has 1 unspecified atom stereocenters. The van der Waals surface area contributed by atoms with Crippen LogP contribution in [0.3, 0.4) is 0 Å². The number of carbonyl (C=O) groups excluding carboxylic acids is 2. The van der Waals surface area contributed by atoms with Crippen molar-refractivity contribution >= 4 is 23.3 Å². The summed E-state index contributed by atoms with van der Waals surface area (Å²) in [6.07, 6.45) is 4.56. The molecule has 1 aromatic rings. The van der Waals surface area contributed by atoms with Gasteiger partial charge in [0.05, 0.1) is 29.7 Å². The molecule has 10 heteroatoms. The van der Waals surface area contributed by atoms with Gasteiger partial charge in [-0.05, 0) is 38.2 Å². The van der Waals surface area contributed by atoms with Gasteiger partial charge in [-0.1, -0.05) is 0 Å². The predicted octanol–water partition coefficient (Wildman–Crippen LogP) is 2.58. The summed E-state index contributed by atoms with van der Waals surface area (Å²) in [6.45, 7) is 3.87. The first-order chi connectivity index (χ1) is 15.9. The number of esters is 1. The molecule has 4 rings (SSSR count). The van der Waals surface area contributed by atoms with Gasteiger partial charge in [-0.15, -0.1) is 0 Å². The number of piperidine rings is 3. The number of nitro groups is 1. The van der Waals surface area contributed by atoms with Gasteiger partial charge in [0.25, 0.3) is 5.69 Å². The summed E-state index contributed by atoms with van der Waals surface area (Å²) in [7, 11) is 1.36. The minimum absolute atomic E-state index is 0.0496. The van der Waals surface area contributed by atoms with Crippen LogP contribution in [0.1, 0.15) is 38.5 Å². The maximum absolute atomic E-state index is 14.4. The lowest BCUT2D eigenvalue weighted by molar-refractivity contribution is -0.385. The van der Waals surface area contributed by atoms with Crippen LogP contribution < -0.4 is 4.90 Å². The Hall–Kier alpha value is -2.75. The Morgan fingerprint density at radius 2 is 1.73 bits per heavy atom. The van der Waals surface area contributed by atoms with Crippen molar-refractivity contribution in [2.75, 3.05) is 44.7 Å². The fraction of sp³-hybridized carbons (Fsp3) is 0.652. The normalized spacial score (nSPS) is 23.6. The monoisotopic (exact) mass is 462 g/mol. The molecule has 180 valence electrons. The van der Waals surface area contributed by atoms with Crippen molar-refractivity contribution in [2.45, 2.75) is 50.6 Å². The first-order valence-corrected chi connectivity index (χ1v) is 11.7. The van der Waals surface area contributed by atoms with Crippen molar-refractivity contribution in [2.24, 2.45) is 5.92 Å². The minimum atomic E-state index is -0.586. The van der Waals surface area contributed by atoms with Gasteiger partial charge in [-0.25, -0.2) is 4.39 Å². The van der Waals surface area contributed by atoms with Crippen LogP contribution in [0, 0.1) is 21.8 Å². The number of anilines is 1. The van der Waals surface area contributed by atoms with E-state index in [2.05, 4.69) is 4.90 Å². The molecule has 0 saturated carbocycles. The smallest absolute Gasteiger partial charge is 0.309 e. The first-order valence-electron chi connectivity index (χ1n) is 11.7. The molecule has 9 nitrogen and oxygen atoms in total. The molecule has 0 aliphatic carbocycles. The number of ether oxygens (including phenoxy) is 1. The standard InChI is InChI=1S/C23H31FN4O5/c1-33-23(30)16-4-13-27(22(29)14-16)18-7-9-25(10-8-18)17-5-11-26(12-6-17)21-3-2-19(28(31)32)15-20(21)24/h2-3,15-18H,4-14H2,1H3. The highest BCUT2D eigenvalue weighted by atomic mass is 19.1. The number of non-ortho nitro benzene ring substituents is 1. The van der Waals surface area contributed by atoms with Gasteiger partial charge in [0, 0.05) is 57.3 Å². The number of halogens is 1. The summed E-state index contributed by atoms with van der Waals surface area (Å²) in [5.74, 6) is -1.11. The van der Waals surface area contributed by atoms with Gasteiger partial charge >= 0.3 is 5.97 Å². The third kappa shape index (κ3) is 5.10. The number of amides is 1. The van der Waals surface area contributed by atoms with Crippen LogP contribution in [0.25, 0.3) is 0 Å². The predicted molar refractivity (Wildman–Crippen MR) is 119 cm³/mol. The molecule has 33 heavy (non-hydrogen) atoms. The van der Waals surface area contributed by atoms with Gasteiger partial charge in [0.1, 0.15) is 0 Å². The van der Waals surface area contributed by atoms with Gasteiger partial charge in [0.15, 0.2) is 5.82 Å². The topological polar surface area (TPSA) is 96.2 Å². The van der Waals surface area contributed by atoms with E-state index in [1.165, 1.54) is 19.2 Å². The molecular weight excluding hydrogens is 431 g/mol. The Morgan fingerprint density at radius 1 is 1.06 bits per heavy atom. The molecule has 1 atom stereocenters. The number of likely N-dealkylation sites (tertiary alicyclic amines) is 2. The number of hydrogen-bond acceptors (Lipinski definition) is 7. The molecule has 1 amide bonds. The van der Waals surface area contributed by atoms with Gasteiger partial charge in [-0.3, -0.25) is 19.7 Å². The van der Waals surface area contributed by atoms with E-state index in [1.54, 1.807) is 0 Å². The van der Waals surface area contributed by atoms with Crippen LogP contribution in [0.5, 0.6) is 0 Å². The number of nitrogens with zero attached hydrogens (tertiary/aromatic N) is 4. The maximum Gasteiger partial charge on any atom is 0.309 e. The molecule has 3 heterocycles. The Balaban J connectivity index is 1.25. The van der Waals surface area contributed by atoms with Crippen molar-refractivity contribution in [3.8, 4) is 0 Å². The Bertz CT molecular complexity index is 897. The van der Waals surface area contributed by atoms with Crippen LogP contribution in [0.2, 0.25) is 0 Å². The number of methoxy groups -OCH3 is 1. The summed E-state index contributed by atoms with van der Waals surface area (Å²) in [5, 5.41) is 10.8. The van der Waals surface area contributed by atoms with Crippen molar-refractivity contribution in [3.05, 3.63) is 34.1 Å². The van der Waals surface area contributed by atoms with Crippen molar-refractivity contribution in [1.82, 2.24) is 9.80 Å². The second-order valence-corrected chi connectivity index (χ2v) is 9.18. The van der Waals surface area contributed by atoms with E-state index < -0.39 is 10.7 Å². The molecule has 3 aliphatic rings. The Morgan fingerprint density at radius 3 is 2.30 bits per heavy atom. The van der Waals surface area contributed by atoms with Crippen molar-refractivity contribution < 1.29 is 23.6 Å². The summed E-state index contributed by atoms with van der Waals surface area (Å²) in [6, 6.07) is 4.48. The van der Waals surface area contributed by atoms with Crippen molar-refractivity contribution in [1.29, 1.82) is 0 Å². The quantitative estimate of drug-likeness (QED) is 0.377. The van der Waals surface area contributed by atoms with Crippen LogP contribution in [-0.4, -0.2) is 78.5 Å². The molecule has 3 fully saturated rings. The third-order valence-corrected chi connectivity index (χ3v) is 7.40. The molecule has 0 aromatic heterocycles. The SMILES string of the molecule is COC(=O)C1CCN(C2CCN(C3CCN(c4ccc([N+](=O)[O-])cc4F)CC3)CC2)C(=O)C1. The van der Waals surface area contributed by atoms with E-state index in [0.29, 0.717) is 37.8 Å². The van der Waals surface area contributed by atoms with Crippen LogP contribution in [0.15, 0.2) is 18.2 Å². The largest absolute Gasteiger partial charge is 0.469 e. The van der Waals surface area contributed by atoms with E-state index in [1.807, 2.05) is 9.80 Å². The fourth-order valence-corrected chi connectivity index (χ4v) is 5.50. The van der Waals surface area contributed by atoms with E-state index >= 15 is 0 Å². The first kappa shape index (κ1) is 23.4. The average molecular weight is 463 g/mol. The highest BCUT2D eigenvalue weighted by Gasteiger charge is 2.37. The summed E-state index contributed by atoms with van der Waals surface area (Å²) < 4.78 is 19.2. The Labute approximate surface area is 192 Å². The molecule has 3 aliphatic heterocycles. The zero-order chi connectivity index (χ0) is 23.5. The van der Waals surface area contributed by atoms with E-state index in [0.717, 1.165) is 44.8 Å². The van der Waals surface area contributed by atoms with Gasteiger partial charge in [0.2, 0.25) is 5.91 Å². The Kier molecular flexibility index (Phi) is 7.11. The van der Waals surface area contributed by atoms with E-state index in [4.69, 9.17) is 4.74 Å². The van der Waals surface area contributed by atoms with Crippen LogP contribution in [0.4, 0.5) is 15.8 Å². The van der Waals surface area contributed by atoms with E-state index in [9.17, 15) is 24.1 Å². The molecule has 0 bridgehead atoms. The molecule has 1 aromatic carbocycles. The number of carbonyl (C=O) groups is 2.